The third kappa shape index (κ3) is 58.3. The molecule has 0 spiro atoms. The monoisotopic (exact) mass is 1040 g/mol. The largest absolute Gasteiger partial charge is 0.472 e. The third-order valence-electron chi connectivity index (χ3n) is 12.8. The normalized spacial score (nSPS) is 13.6. The summed E-state index contributed by atoms with van der Waals surface area (Å²) in [5.41, 5.74) is 5.38. The fourth-order valence-corrected chi connectivity index (χ4v) is 9.11. The van der Waals surface area contributed by atoms with E-state index in [1.54, 1.807) is 0 Å². The smallest absolute Gasteiger partial charge is 0.462 e. The molecule has 0 fully saturated rings. The van der Waals surface area contributed by atoms with E-state index in [9.17, 15) is 19.0 Å². The number of carbonyl (C=O) groups is 2. The molecule has 0 heterocycles. The first-order chi connectivity index (χ1) is 35.8. The molecule has 0 radical (unpaired) electrons. The minimum Gasteiger partial charge on any atom is -0.462 e. The van der Waals surface area contributed by atoms with Crippen molar-refractivity contribution in [3.63, 3.8) is 0 Å². The van der Waals surface area contributed by atoms with Gasteiger partial charge in [-0.05, 0) is 89.9 Å². The Balaban J connectivity index is 3.91. The van der Waals surface area contributed by atoms with E-state index in [0.29, 0.717) is 6.42 Å². The molecule has 0 bridgehead atoms. The van der Waals surface area contributed by atoms with E-state index in [1.807, 2.05) is 0 Å². The predicted molar refractivity (Wildman–Crippen MR) is 312 cm³/mol. The van der Waals surface area contributed by atoms with Gasteiger partial charge in [0.2, 0.25) is 0 Å². The second-order valence-electron chi connectivity index (χ2n) is 19.8. The highest BCUT2D eigenvalue weighted by Gasteiger charge is 2.26. The van der Waals surface area contributed by atoms with Crippen LogP contribution in [-0.2, 0) is 32.7 Å². The number of hydrogen-bond donors (Lipinski definition) is 2. The number of allylic oxidation sites excluding steroid dienone is 14. The van der Waals surface area contributed by atoms with Crippen LogP contribution in [0.15, 0.2) is 85.1 Å². The molecular formula is C63H112NO8P. The van der Waals surface area contributed by atoms with Gasteiger partial charge >= 0.3 is 19.8 Å². The molecule has 9 nitrogen and oxygen atoms in total. The number of hydrogen-bond acceptors (Lipinski definition) is 8. The molecule has 0 aromatic carbocycles. The number of nitrogens with two attached hydrogens (primary N) is 1. The van der Waals surface area contributed by atoms with Gasteiger partial charge in [0.05, 0.1) is 13.2 Å². The van der Waals surface area contributed by atoms with Gasteiger partial charge in [-0.25, -0.2) is 4.57 Å². The molecule has 0 saturated heterocycles. The van der Waals surface area contributed by atoms with Crippen molar-refractivity contribution < 1.29 is 37.6 Å². The zero-order chi connectivity index (χ0) is 53.1. The highest BCUT2D eigenvalue weighted by Crippen LogP contribution is 2.43. The Morgan fingerprint density at radius 3 is 1.14 bits per heavy atom. The van der Waals surface area contributed by atoms with Gasteiger partial charge in [0, 0.05) is 19.4 Å². The van der Waals surface area contributed by atoms with Crippen LogP contribution < -0.4 is 5.73 Å². The molecular weight excluding hydrogens is 930 g/mol. The van der Waals surface area contributed by atoms with Crippen molar-refractivity contribution >= 4 is 19.8 Å². The van der Waals surface area contributed by atoms with Crippen LogP contribution in [0.3, 0.4) is 0 Å². The molecule has 0 aliphatic heterocycles. The zero-order valence-corrected chi connectivity index (χ0v) is 48.0. The quantitative estimate of drug-likeness (QED) is 0.0264. The summed E-state index contributed by atoms with van der Waals surface area (Å²) in [7, 11) is -4.40. The third-order valence-corrected chi connectivity index (χ3v) is 13.7. The first-order valence-electron chi connectivity index (χ1n) is 30.1. The Hall–Kier alpha value is -2.81. The average molecular weight is 1040 g/mol. The Morgan fingerprint density at radius 2 is 0.753 bits per heavy atom. The Labute approximate surface area is 449 Å². The van der Waals surface area contributed by atoms with Crippen molar-refractivity contribution in [3.8, 4) is 0 Å². The van der Waals surface area contributed by atoms with E-state index in [4.69, 9.17) is 24.3 Å². The summed E-state index contributed by atoms with van der Waals surface area (Å²) in [5, 5.41) is 0. The predicted octanol–water partition coefficient (Wildman–Crippen LogP) is 19.1. The first kappa shape index (κ1) is 70.2. The SMILES string of the molecule is CC/C=C\C/C=C\C/C=C\C/C=C\C/C=C\CCCCCC(=O)OC(COC(=O)CCCCCCCCCCCCCCCCCCCCCCC/C=C\C/C=C\CCCCCCC)COP(=O)(O)OCCN. The van der Waals surface area contributed by atoms with Crippen molar-refractivity contribution in [2.45, 2.75) is 277 Å². The number of phosphoric acid groups is 1. The van der Waals surface area contributed by atoms with Crippen molar-refractivity contribution in [3.05, 3.63) is 85.1 Å². The summed E-state index contributed by atoms with van der Waals surface area (Å²) < 4.78 is 33.0. The molecule has 0 aromatic heterocycles. The van der Waals surface area contributed by atoms with Crippen LogP contribution in [-0.4, -0.2) is 49.3 Å². The maximum absolute atomic E-state index is 12.7. The Morgan fingerprint density at radius 1 is 0.425 bits per heavy atom. The molecule has 422 valence electrons. The van der Waals surface area contributed by atoms with Gasteiger partial charge in [-0.15, -0.1) is 0 Å². The summed E-state index contributed by atoms with van der Waals surface area (Å²) in [4.78, 5) is 35.2. The molecule has 2 atom stereocenters. The number of unbranched alkanes of at least 4 members (excludes halogenated alkanes) is 29. The highest BCUT2D eigenvalue weighted by molar-refractivity contribution is 7.47. The van der Waals surface area contributed by atoms with E-state index in [-0.39, 0.29) is 38.6 Å². The fraction of sp³-hybridized carbons (Fsp3) is 0.746. The summed E-state index contributed by atoms with van der Waals surface area (Å²) in [5.74, 6) is -0.861. The van der Waals surface area contributed by atoms with Gasteiger partial charge in [0.1, 0.15) is 6.61 Å². The average Bonchev–Trinajstić information content (AvgIpc) is 3.38. The van der Waals surface area contributed by atoms with Crippen LogP contribution in [0.25, 0.3) is 0 Å². The van der Waals surface area contributed by atoms with Gasteiger partial charge in [-0.3, -0.25) is 18.6 Å². The van der Waals surface area contributed by atoms with Gasteiger partial charge in [0.15, 0.2) is 6.10 Å². The van der Waals surface area contributed by atoms with E-state index in [2.05, 4.69) is 98.9 Å². The van der Waals surface area contributed by atoms with Crippen molar-refractivity contribution in [2.75, 3.05) is 26.4 Å². The molecule has 73 heavy (non-hydrogen) atoms. The Kier molecular flexibility index (Phi) is 56.2. The lowest BCUT2D eigenvalue weighted by molar-refractivity contribution is -0.161. The van der Waals surface area contributed by atoms with Crippen molar-refractivity contribution in [2.24, 2.45) is 5.73 Å². The van der Waals surface area contributed by atoms with Crippen LogP contribution in [0.1, 0.15) is 271 Å². The highest BCUT2D eigenvalue weighted by atomic mass is 31.2. The maximum atomic E-state index is 12.7. The standard InChI is InChI=1S/C63H112NO8P/c1-3-5-7-9-11-13-15-17-19-21-23-24-25-26-27-28-29-30-31-32-33-34-35-36-38-39-41-43-45-47-49-51-53-55-62(65)69-59-61(60-71-73(67,68)70-58-57-64)72-63(66)56-54-52-50-48-46-44-42-40-37-22-20-18-16-14-12-10-8-6-4-2/h6,8,12,14-15,17-18,20-21,23,37,40,44,46,61H,3-5,7,9-11,13,16,19,22,24-36,38-39,41-43,45,47-60,64H2,1-2H3,(H,67,68)/b8-6-,14-12-,17-15-,20-18-,23-21-,40-37-,46-44-. The summed E-state index contributed by atoms with van der Waals surface area (Å²) in [6, 6.07) is 0. The zero-order valence-electron chi connectivity index (χ0n) is 47.1. The lowest BCUT2D eigenvalue weighted by atomic mass is 10.0. The summed E-state index contributed by atoms with van der Waals surface area (Å²) >= 11 is 0. The second-order valence-corrected chi connectivity index (χ2v) is 21.3. The minimum absolute atomic E-state index is 0.0448. The minimum atomic E-state index is -4.40. The molecule has 0 rings (SSSR count). The molecule has 0 aliphatic rings. The first-order valence-corrected chi connectivity index (χ1v) is 31.6. The number of carbonyl (C=O) groups excluding carboxylic acids is 2. The second kappa shape index (κ2) is 58.5. The Bertz CT molecular complexity index is 1470. The molecule has 0 aliphatic carbocycles. The number of esters is 2. The molecule has 2 unspecified atom stereocenters. The van der Waals surface area contributed by atoms with Crippen molar-refractivity contribution in [1.29, 1.82) is 0 Å². The molecule has 0 aromatic rings. The van der Waals surface area contributed by atoms with E-state index in [0.717, 1.165) is 77.0 Å². The van der Waals surface area contributed by atoms with E-state index < -0.39 is 26.5 Å². The number of rotatable bonds is 56. The lowest BCUT2D eigenvalue weighted by Gasteiger charge is -2.19. The van der Waals surface area contributed by atoms with Gasteiger partial charge in [-0.1, -0.05) is 253 Å². The van der Waals surface area contributed by atoms with Crippen molar-refractivity contribution in [1.82, 2.24) is 0 Å². The van der Waals surface area contributed by atoms with Gasteiger partial charge < -0.3 is 20.1 Å². The number of phosphoric ester groups is 1. The maximum Gasteiger partial charge on any atom is 0.472 e. The van der Waals surface area contributed by atoms with Gasteiger partial charge in [-0.2, -0.15) is 0 Å². The summed E-state index contributed by atoms with van der Waals surface area (Å²) in [6.07, 6.45) is 76.6. The molecule has 0 saturated carbocycles. The lowest BCUT2D eigenvalue weighted by Crippen LogP contribution is -2.29. The van der Waals surface area contributed by atoms with E-state index >= 15 is 0 Å². The summed E-state index contributed by atoms with van der Waals surface area (Å²) in [6.45, 7) is 3.60. The van der Waals surface area contributed by atoms with Crippen LogP contribution in [0, 0.1) is 0 Å². The van der Waals surface area contributed by atoms with E-state index in [1.165, 1.54) is 161 Å². The van der Waals surface area contributed by atoms with Gasteiger partial charge in [0.25, 0.3) is 0 Å². The van der Waals surface area contributed by atoms with Crippen LogP contribution in [0.2, 0.25) is 0 Å². The molecule has 0 amide bonds. The van der Waals surface area contributed by atoms with Crippen LogP contribution in [0.5, 0.6) is 0 Å². The molecule has 3 N–H and O–H groups in total. The fourth-order valence-electron chi connectivity index (χ4n) is 8.34. The molecule has 10 heteroatoms. The topological polar surface area (TPSA) is 134 Å². The number of ether oxygens (including phenoxy) is 2. The van der Waals surface area contributed by atoms with Crippen LogP contribution in [0.4, 0.5) is 0 Å². The van der Waals surface area contributed by atoms with Crippen LogP contribution >= 0.6 is 7.82 Å².